The van der Waals surface area contributed by atoms with Crippen LogP contribution in [-0.2, 0) is 9.47 Å². The van der Waals surface area contributed by atoms with Gasteiger partial charge in [0.15, 0.2) is 0 Å². The number of amides is 1. The molecule has 5 heteroatoms. The number of likely N-dealkylation sites (tertiary alicyclic amines) is 1. The second-order valence-corrected chi connectivity index (χ2v) is 6.30. The summed E-state index contributed by atoms with van der Waals surface area (Å²) >= 11 is 0. The van der Waals surface area contributed by atoms with E-state index in [4.69, 9.17) is 14.6 Å². The monoisotopic (exact) mass is 257 g/mol. The molecule has 0 saturated carbocycles. The average Bonchev–Trinajstić information content (AvgIpc) is 2.84. The first-order valence-corrected chi connectivity index (χ1v) is 6.60. The molecule has 2 heterocycles. The average molecular weight is 257 g/mol. The van der Waals surface area contributed by atoms with Gasteiger partial charge < -0.3 is 19.5 Å². The Balaban J connectivity index is 1.91. The van der Waals surface area contributed by atoms with Crippen LogP contribution in [0.3, 0.4) is 0 Å². The fraction of sp³-hybridized carbons (Fsp3) is 0.923. The molecule has 2 aliphatic heterocycles. The Morgan fingerprint density at radius 3 is 2.78 bits per heavy atom. The third-order valence-corrected chi connectivity index (χ3v) is 3.51. The molecule has 1 unspecified atom stereocenters. The summed E-state index contributed by atoms with van der Waals surface area (Å²) in [6.07, 6.45) is 2.29. The van der Waals surface area contributed by atoms with Crippen LogP contribution in [0.4, 0.5) is 4.79 Å². The summed E-state index contributed by atoms with van der Waals surface area (Å²) in [4.78, 5) is 13.7. The molecule has 1 amide bonds. The molecule has 2 rings (SSSR count). The Kier molecular flexibility index (Phi) is 3.56. The van der Waals surface area contributed by atoms with Crippen LogP contribution in [0.1, 0.15) is 40.0 Å². The van der Waals surface area contributed by atoms with Crippen molar-refractivity contribution in [2.75, 3.05) is 19.7 Å². The molecule has 0 aromatic heterocycles. The molecule has 2 atom stereocenters. The van der Waals surface area contributed by atoms with E-state index < -0.39 is 5.60 Å². The maximum Gasteiger partial charge on any atom is 0.410 e. The first-order chi connectivity index (χ1) is 8.34. The molecule has 0 radical (unpaired) electrons. The molecule has 0 aliphatic carbocycles. The Morgan fingerprint density at radius 1 is 1.50 bits per heavy atom. The Bertz CT molecular complexity index is 325. The summed E-state index contributed by atoms with van der Waals surface area (Å²) in [6.45, 7) is 6.92. The van der Waals surface area contributed by atoms with Crippen molar-refractivity contribution in [3.8, 4) is 0 Å². The molecule has 1 spiro atoms. The predicted octanol–water partition coefficient (Wildman–Crippen LogP) is 1.54. The number of hydrogen-bond donors (Lipinski definition) is 1. The second kappa shape index (κ2) is 4.70. The summed E-state index contributed by atoms with van der Waals surface area (Å²) in [6, 6.07) is 0. The normalized spacial score (nSPS) is 32.2. The van der Waals surface area contributed by atoms with E-state index in [1.807, 2.05) is 20.8 Å². The van der Waals surface area contributed by atoms with Gasteiger partial charge in [0.25, 0.3) is 0 Å². The Hall–Kier alpha value is -0.810. The zero-order chi connectivity index (χ0) is 13.4. The molecule has 2 fully saturated rings. The van der Waals surface area contributed by atoms with Crippen LogP contribution >= 0.6 is 0 Å². The molecular formula is C13H23NO4. The third-order valence-electron chi connectivity index (χ3n) is 3.51. The Morgan fingerprint density at radius 2 is 2.22 bits per heavy atom. The largest absolute Gasteiger partial charge is 0.444 e. The molecule has 18 heavy (non-hydrogen) atoms. The van der Waals surface area contributed by atoms with Gasteiger partial charge in [-0.25, -0.2) is 4.79 Å². The summed E-state index contributed by atoms with van der Waals surface area (Å²) in [5, 5.41) is 9.11. The van der Waals surface area contributed by atoms with Gasteiger partial charge in [-0.3, -0.25) is 0 Å². The lowest BCUT2D eigenvalue weighted by atomic mass is 9.99. The van der Waals surface area contributed by atoms with Gasteiger partial charge in [-0.2, -0.15) is 0 Å². The number of ether oxygens (including phenoxy) is 2. The van der Waals surface area contributed by atoms with Crippen LogP contribution in [0.5, 0.6) is 0 Å². The van der Waals surface area contributed by atoms with Crippen LogP contribution in [0.15, 0.2) is 0 Å². The summed E-state index contributed by atoms with van der Waals surface area (Å²) in [7, 11) is 0. The number of nitrogens with zero attached hydrogens (tertiary/aromatic N) is 1. The van der Waals surface area contributed by atoms with Crippen molar-refractivity contribution in [1.82, 2.24) is 4.90 Å². The number of aliphatic hydroxyl groups is 1. The van der Waals surface area contributed by atoms with Crippen molar-refractivity contribution in [1.29, 1.82) is 0 Å². The van der Waals surface area contributed by atoms with Gasteiger partial charge in [0.2, 0.25) is 0 Å². The molecule has 0 aromatic rings. The molecule has 1 N–H and O–H groups in total. The molecule has 5 nitrogen and oxygen atoms in total. The highest BCUT2D eigenvalue weighted by Crippen LogP contribution is 2.38. The lowest BCUT2D eigenvalue weighted by molar-refractivity contribution is -0.0533. The van der Waals surface area contributed by atoms with Gasteiger partial charge >= 0.3 is 6.09 Å². The maximum absolute atomic E-state index is 12.0. The molecule has 2 aliphatic rings. The quantitative estimate of drug-likeness (QED) is 0.774. The lowest BCUT2D eigenvalue weighted by Crippen LogP contribution is -2.39. The maximum atomic E-state index is 12.0. The van der Waals surface area contributed by atoms with Crippen molar-refractivity contribution in [2.24, 2.45) is 0 Å². The van der Waals surface area contributed by atoms with E-state index in [-0.39, 0.29) is 24.4 Å². The molecule has 104 valence electrons. The molecule has 0 bridgehead atoms. The van der Waals surface area contributed by atoms with E-state index in [9.17, 15) is 4.79 Å². The van der Waals surface area contributed by atoms with Gasteiger partial charge in [0.05, 0.1) is 24.9 Å². The van der Waals surface area contributed by atoms with Gasteiger partial charge in [-0.1, -0.05) is 0 Å². The molecule has 2 saturated heterocycles. The number of aliphatic hydroxyl groups excluding tert-OH is 1. The first-order valence-electron chi connectivity index (χ1n) is 6.60. The van der Waals surface area contributed by atoms with Gasteiger partial charge in [-0.05, 0) is 40.0 Å². The fourth-order valence-corrected chi connectivity index (χ4v) is 2.65. The van der Waals surface area contributed by atoms with E-state index in [0.717, 1.165) is 19.3 Å². The first kappa shape index (κ1) is 13.6. The standard InChI is InChI=1S/C13H23NO4/c1-12(2,3)18-11(16)14-7-6-13(9-14)5-4-10(8-15)17-13/h10,15H,4-9H2,1-3H3/t10?,13-/m0/s1. The topological polar surface area (TPSA) is 59.0 Å². The molecule has 0 aromatic carbocycles. The van der Waals surface area contributed by atoms with E-state index in [0.29, 0.717) is 13.1 Å². The smallest absolute Gasteiger partial charge is 0.410 e. The highest BCUT2D eigenvalue weighted by Gasteiger charge is 2.47. The van der Waals surface area contributed by atoms with E-state index in [1.54, 1.807) is 4.90 Å². The van der Waals surface area contributed by atoms with E-state index >= 15 is 0 Å². The van der Waals surface area contributed by atoms with Crippen LogP contribution in [0, 0.1) is 0 Å². The SMILES string of the molecule is CC(C)(C)OC(=O)N1CC[C@@]2(CCC(CO)O2)C1. The van der Waals surface area contributed by atoms with Crippen molar-refractivity contribution in [3.05, 3.63) is 0 Å². The fourth-order valence-electron chi connectivity index (χ4n) is 2.65. The van der Waals surface area contributed by atoms with E-state index in [1.165, 1.54) is 0 Å². The summed E-state index contributed by atoms with van der Waals surface area (Å²) in [5.41, 5.74) is -0.707. The number of carbonyl (C=O) groups is 1. The van der Waals surface area contributed by atoms with Crippen LogP contribution in [0.25, 0.3) is 0 Å². The van der Waals surface area contributed by atoms with Crippen LogP contribution in [-0.4, -0.2) is 53.1 Å². The molecular weight excluding hydrogens is 234 g/mol. The minimum atomic E-state index is -0.461. The Labute approximate surface area is 108 Å². The van der Waals surface area contributed by atoms with Crippen molar-refractivity contribution in [3.63, 3.8) is 0 Å². The van der Waals surface area contributed by atoms with E-state index in [2.05, 4.69) is 0 Å². The highest BCUT2D eigenvalue weighted by molar-refractivity contribution is 5.68. The lowest BCUT2D eigenvalue weighted by Gasteiger charge is -2.27. The second-order valence-electron chi connectivity index (χ2n) is 6.30. The minimum absolute atomic E-state index is 0.0637. The zero-order valence-corrected chi connectivity index (χ0v) is 11.4. The van der Waals surface area contributed by atoms with Crippen molar-refractivity contribution >= 4 is 6.09 Å². The number of carbonyl (C=O) groups excluding carboxylic acids is 1. The summed E-state index contributed by atoms with van der Waals surface area (Å²) < 4.78 is 11.2. The zero-order valence-electron chi connectivity index (χ0n) is 11.4. The summed E-state index contributed by atoms with van der Waals surface area (Å²) in [5.74, 6) is 0. The van der Waals surface area contributed by atoms with Gasteiger partial charge in [0, 0.05) is 6.54 Å². The van der Waals surface area contributed by atoms with Crippen LogP contribution < -0.4 is 0 Å². The predicted molar refractivity (Wildman–Crippen MR) is 66.3 cm³/mol. The highest BCUT2D eigenvalue weighted by atomic mass is 16.6. The minimum Gasteiger partial charge on any atom is -0.444 e. The van der Waals surface area contributed by atoms with Gasteiger partial charge in [-0.15, -0.1) is 0 Å². The number of hydrogen-bond acceptors (Lipinski definition) is 4. The third kappa shape index (κ3) is 2.95. The van der Waals surface area contributed by atoms with Crippen molar-refractivity contribution in [2.45, 2.75) is 57.3 Å². The van der Waals surface area contributed by atoms with Crippen LogP contribution in [0.2, 0.25) is 0 Å². The number of rotatable bonds is 1. The van der Waals surface area contributed by atoms with Crippen molar-refractivity contribution < 1.29 is 19.4 Å². The van der Waals surface area contributed by atoms with Gasteiger partial charge in [0.1, 0.15) is 5.60 Å².